The molecule has 1 aromatic carbocycles. The summed E-state index contributed by atoms with van der Waals surface area (Å²) in [5.41, 5.74) is 1.51. The van der Waals surface area contributed by atoms with Crippen LogP contribution in [-0.2, 0) is 6.54 Å². The van der Waals surface area contributed by atoms with Gasteiger partial charge in [-0.05, 0) is 42.5 Å². The lowest BCUT2D eigenvalue weighted by Crippen LogP contribution is -2.40. The van der Waals surface area contributed by atoms with Gasteiger partial charge in [0.15, 0.2) is 0 Å². The van der Waals surface area contributed by atoms with Crippen LogP contribution in [0.15, 0.2) is 59.9 Å². The van der Waals surface area contributed by atoms with E-state index >= 15 is 0 Å². The third kappa shape index (κ3) is 3.78. The first kappa shape index (κ1) is 17.5. The Morgan fingerprint density at radius 1 is 1.37 bits per heavy atom. The van der Waals surface area contributed by atoms with Gasteiger partial charge in [-0.25, -0.2) is 9.37 Å². The second kappa shape index (κ2) is 7.36. The van der Waals surface area contributed by atoms with Crippen molar-refractivity contribution in [3.8, 4) is 11.1 Å². The zero-order valence-corrected chi connectivity index (χ0v) is 14.6. The molecule has 3 aromatic rings. The molecule has 4 rings (SSSR count). The lowest BCUT2D eigenvalue weighted by molar-refractivity contribution is 0.0873. The highest BCUT2D eigenvalue weighted by atomic mass is 19.1. The Labute approximate surface area is 155 Å². The number of halogens is 1. The number of nitrogens with one attached hydrogen (secondary N) is 1. The number of rotatable bonds is 5. The number of aliphatic hydroxyl groups is 1. The highest BCUT2D eigenvalue weighted by molar-refractivity contribution is 6.01. The van der Waals surface area contributed by atoms with E-state index in [1.807, 2.05) is 10.8 Å². The van der Waals surface area contributed by atoms with Crippen LogP contribution in [0.5, 0.6) is 0 Å². The highest BCUT2D eigenvalue weighted by Crippen LogP contribution is 2.29. The second-order valence-electron chi connectivity index (χ2n) is 6.95. The predicted molar refractivity (Wildman–Crippen MR) is 96.3 cm³/mol. The number of nitrogens with zero attached hydrogens (tertiary/aromatic N) is 2. The van der Waals surface area contributed by atoms with Crippen molar-refractivity contribution in [1.29, 1.82) is 0 Å². The van der Waals surface area contributed by atoms with Crippen LogP contribution in [0, 0.1) is 11.7 Å². The van der Waals surface area contributed by atoms with Gasteiger partial charge >= 0.3 is 0 Å². The molecule has 3 atom stereocenters. The van der Waals surface area contributed by atoms with Crippen molar-refractivity contribution >= 4 is 5.91 Å². The fraction of sp³-hybridized carbons (Fsp3) is 0.300. The van der Waals surface area contributed by atoms with E-state index in [1.54, 1.807) is 24.7 Å². The maximum absolute atomic E-state index is 13.8. The van der Waals surface area contributed by atoms with Crippen molar-refractivity contribution in [2.75, 3.05) is 0 Å². The van der Waals surface area contributed by atoms with Crippen LogP contribution in [0.4, 0.5) is 4.39 Å². The van der Waals surface area contributed by atoms with Crippen LogP contribution in [0.25, 0.3) is 11.1 Å². The van der Waals surface area contributed by atoms with E-state index in [2.05, 4.69) is 10.3 Å². The van der Waals surface area contributed by atoms with Crippen LogP contribution >= 0.6 is 0 Å². The summed E-state index contributed by atoms with van der Waals surface area (Å²) in [7, 11) is 0. The van der Waals surface area contributed by atoms with Gasteiger partial charge < -0.3 is 19.4 Å². The van der Waals surface area contributed by atoms with E-state index < -0.39 is 17.8 Å². The molecule has 0 radical (unpaired) electrons. The molecular weight excluding hydrogens is 349 g/mol. The minimum Gasteiger partial charge on any atom is -0.472 e. The van der Waals surface area contributed by atoms with Crippen molar-refractivity contribution in [3.05, 3.63) is 66.9 Å². The third-order valence-electron chi connectivity index (χ3n) is 5.03. The number of aliphatic hydroxyl groups excluding tert-OH is 1. The lowest BCUT2D eigenvalue weighted by Gasteiger charge is -2.18. The summed E-state index contributed by atoms with van der Waals surface area (Å²) < 4.78 is 20.8. The first-order valence-electron chi connectivity index (χ1n) is 8.87. The summed E-state index contributed by atoms with van der Waals surface area (Å²) in [5.74, 6) is -0.657. The maximum Gasteiger partial charge on any atom is 0.252 e. The quantitative estimate of drug-likeness (QED) is 0.725. The molecule has 1 amide bonds. The van der Waals surface area contributed by atoms with Crippen molar-refractivity contribution in [2.24, 2.45) is 5.92 Å². The first-order chi connectivity index (χ1) is 13.1. The van der Waals surface area contributed by atoms with Gasteiger partial charge in [0.25, 0.3) is 5.91 Å². The van der Waals surface area contributed by atoms with Gasteiger partial charge in [0.05, 0.1) is 36.6 Å². The molecule has 140 valence electrons. The average Bonchev–Trinajstić information content (AvgIpc) is 3.39. The van der Waals surface area contributed by atoms with Gasteiger partial charge in [-0.3, -0.25) is 4.79 Å². The zero-order chi connectivity index (χ0) is 18.8. The van der Waals surface area contributed by atoms with E-state index in [9.17, 15) is 14.3 Å². The Morgan fingerprint density at radius 2 is 2.26 bits per heavy atom. The zero-order valence-electron chi connectivity index (χ0n) is 14.6. The van der Waals surface area contributed by atoms with E-state index in [4.69, 9.17) is 4.42 Å². The summed E-state index contributed by atoms with van der Waals surface area (Å²) >= 11 is 0. The molecule has 7 heteroatoms. The predicted octanol–water partition coefficient (Wildman–Crippen LogP) is 2.85. The van der Waals surface area contributed by atoms with E-state index in [0.717, 1.165) is 6.54 Å². The monoisotopic (exact) mass is 369 g/mol. The Bertz CT molecular complexity index is 909. The number of hydrogen-bond donors (Lipinski definition) is 2. The van der Waals surface area contributed by atoms with E-state index in [-0.39, 0.29) is 17.5 Å². The molecule has 1 unspecified atom stereocenters. The standard InChI is InChI=1S/C20H20FN3O3/c21-15-1-2-16(14-3-6-27-11-14)17(9-15)20(26)23-18-7-13(8-19(18)25)10-24-5-4-22-12-24/h1-6,9,11-13,18-19,25H,7-8,10H2,(H,23,26)/t13?,18-,19-/m1/s1. The molecule has 1 aliphatic carbocycles. The summed E-state index contributed by atoms with van der Waals surface area (Å²) in [6.45, 7) is 0.740. The van der Waals surface area contributed by atoms with Crippen molar-refractivity contribution in [1.82, 2.24) is 14.9 Å². The number of furan rings is 1. The topological polar surface area (TPSA) is 80.3 Å². The molecule has 1 saturated carbocycles. The lowest BCUT2D eigenvalue weighted by atomic mass is 10.0. The summed E-state index contributed by atoms with van der Waals surface area (Å²) in [4.78, 5) is 16.8. The Hall–Kier alpha value is -2.93. The number of benzene rings is 1. The molecule has 27 heavy (non-hydrogen) atoms. The molecule has 1 aliphatic rings. The van der Waals surface area contributed by atoms with Crippen LogP contribution < -0.4 is 5.32 Å². The molecule has 2 heterocycles. The van der Waals surface area contributed by atoms with Gasteiger partial charge in [-0.1, -0.05) is 6.07 Å². The van der Waals surface area contributed by atoms with E-state index in [1.165, 1.54) is 24.7 Å². The second-order valence-corrected chi connectivity index (χ2v) is 6.95. The molecule has 6 nitrogen and oxygen atoms in total. The van der Waals surface area contributed by atoms with Crippen molar-refractivity contribution in [3.63, 3.8) is 0 Å². The van der Waals surface area contributed by atoms with Crippen LogP contribution in [0.2, 0.25) is 0 Å². The Kier molecular flexibility index (Phi) is 4.77. The maximum atomic E-state index is 13.8. The average molecular weight is 369 g/mol. The summed E-state index contributed by atoms with van der Waals surface area (Å²) in [5, 5.41) is 13.2. The molecule has 0 saturated heterocycles. The Morgan fingerprint density at radius 3 is 3.00 bits per heavy atom. The number of carbonyl (C=O) groups is 1. The normalized spacial score (nSPS) is 22.1. The number of hydrogen-bond acceptors (Lipinski definition) is 4. The number of aromatic nitrogens is 2. The van der Waals surface area contributed by atoms with Crippen molar-refractivity contribution in [2.45, 2.75) is 31.5 Å². The molecule has 0 bridgehead atoms. The molecule has 2 aromatic heterocycles. The fourth-order valence-electron chi connectivity index (χ4n) is 3.74. The molecule has 2 N–H and O–H groups in total. The number of amides is 1. The smallest absolute Gasteiger partial charge is 0.252 e. The van der Waals surface area contributed by atoms with Gasteiger partial charge in [0.1, 0.15) is 5.82 Å². The summed E-state index contributed by atoms with van der Waals surface area (Å²) in [6, 6.07) is 5.43. The van der Waals surface area contributed by atoms with Crippen molar-refractivity contribution < 1.29 is 18.7 Å². The number of imidazole rings is 1. The third-order valence-corrected chi connectivity index (χ3v) is 5.03. The van der Waals surface area contributed by atoms with Crippen LogP contribution in [0.3, 0.4) is 0 Å². The molecule has 1 fully saturated rings. The largest absolute Gasteiger partial charge is 0.472 e. The Balaban J connectivity index is 1.49. The molecule has 0 spiro atoms. The fourth-order valence-corrected chi connectivity index (χ4v) is 3.74. The van der Waals surface area contributed by atoms with Gasteiger partial charge in [-0.2, -0.15) is 0 Å². The minimum absolute atomic E-state index is 0.224. The van der Waals surface area contributed by atoms with Crippen LogP contribution in [0.1, 0.15) is 23.2 Å². The highest BCUT2D eigenvalue weighted by Gasteiger charge is 2.34. The molecule has 0 aliphatic heterocycles. The number of carbonyl (C=O) groups excluding carboxylic acids is 1. The van der Waals surface area contributed by atoms with Gasteiger partial charge in [0, 0.05) is 24.5 Å². The SMILES string of the molecule is O=C(N[C@@H]1CC(Cn2ccnc2)C[C@H]1O)c1cc(F)ccc1-c1ccoc1. The van der Waals surface area contributed by atoms with E-state index in [0.29, 0.717) is 24.0 Å². The van der Waals surface area contributed by atoms with Crippen LogP contribution in [-0.4, -0.2) is 32.7 Å². The minimum atomic E-state index is -0.631. The van der Waals surface area contributed by atoms with Gasteiger partial charge in [-0.15, -0.1) is 0 Å². The summed E-state index contributed by atoms with van der Waals surface area (Å²) in [6.07, 6.45) is 8.96. The first-order valence-corrected chi connectivity index (χ1v) is 8.87. The van der Waals surface area contributed by atoms with Gasteiger partial charge in [0.2, 0.25) is 0 Å². The molecular formula is C20H20FN3O3.